The van der Waals surface area contributed by atoms with Crippen LogP contribution in [0, 0.1) is 5.82 Å². The second-order valence-corrected chi connectivity index (χ2v) is 5.21. The SMILES string of the molecule is O=C(O)CN1C(=O)c2ccc(OCc3ccc(F)cc3)cc2C1=O. The first kappa shape index (κ1) is 15.7. The first-order chi connectivity index (χ1) is 11.5. The van der Waals surface area contributed by atoms with E-state index in [1.165, 1.54) is 30.3 Å². The highest BCUT2D eigenvalue weighted by Crippen LogP contribution is 2.27. The van der Waals surface area contributed by atoms with Gasteiger partial charge in [0, 0.05) is 0 Å². The van der Waals surface area contributed by atoms with Gasteiger partial charge in [0.05, 0.1) is 11.1 Å². The fraction of sp³-hybridized carbons (Fsp3) is 0.118. The molecule has 122 valence electrons. The molecule has 1 aliphatic rings. The molecule has 0 saturated carbocycles. The number of ether oxygens (including phenoxy) is 1. The molecule has 24 heavy (non-hydrogen) atoms. The number of halogens is 1. The van der Waals surface area contributed by atoms with Crippen LogP contribution in [0.2, 0.25) is 0 Å². The molecule has 0 unspecified atom stereocenters. The Morgan fingerprint density at radius 3 is 2.38 bits per heavy atom. The van der Waals surface area contributed by atoms with Gasteiger partial charge in [-0.05, 0) is 35.9 Å². The number of carboxylic acid groups (broad SMARTS) is 1. The summed E-state index contributed by atoms with van der Waals surface area (Å²) in [5.41, 5.74) is 1.00. The fourth-order valence-electron chi connectivity index (χ4n) is 2.39. The Bertz CT molecular complexity index is 831. The van der Waals surface area contributed by atoms with E-state index in [-0.39, 0.29) is 23.6 Å². The Hall–Kier alpha value is -3.22. The summed E-state index contributed by atoms with van der Waals surface area (Å²) in [4.78, 5) is 35.6. The Balaban J connectivity index is 1.77. The lowest BCUT2D eigenvalue weighted by molar-refractivity contribution is -0.137. The maximum Gasteiger partial charge on any atom is 0.323 e. The minimum atomic E-state index is -1.27. The van der Waals surface area contributed by atoms with Crippen molar-refractivity contribution >= 4 is 17.8 Å². The number of benzene rings is 2. The molecule has 0 saturated heterocycles. The highest BCUT2D eigenvalue weighted by atomic mass is 19.1. The second kappa shape index (κ2) is 6.11. The number of carbonyl (C=O) groups excluding carboxylic acids is 2. The Morgan fingerprint density at radius 1 is 1.04 bits per heavy atom. The molecule has 0 spiro atoms. The molecule has 0 fully saturated rings. The monoisotopic (exact) mass is 329 g/mol. The summed E-state index contributed by atoms with van der Waals surface area (Å²) in [6.07, 6.45) is 0. The van der Waals surface area contributed by atoms with E-state index in [9.17, 15) is 18.8 Å². The highest BCUT2D eigenvalue weighted by molar-refractivity contribution is 6.22. The third kappa shape index (κ3) is 2.96. The number of carbonyl (C=O) groups is 3. The van der Waals surface area contributed by atoms with Gasteiger partial charge in [-0.25, -0.2) is 4.39 Å². The van der Waals surface area contributed by atoms with Crippen LogP contribution in [-0.4, -0.2) is 34.3 Å². The van der Waals surface area contributed by atoms with Crippen molar-refractivity contribution in [2.45, 2.75) is 6.61 Å². The lowest BCUT2D eigenvalue weighted by Crippen LogP contribution is -2.34. The van der Waals surface area contributed by atoms with E-state index in [4.69, 9.17) is 9.84 Å². The van der Waals surface area contributed by atoms with Gasteiger partial charge in [-0.15, -0.1) is 0 Å². The lowest BCUT2D eigenvalue weighted by atomic mass is 10.1. The van der Waals surface area contributed by atoms with Crippen molar-refractivity contribution in [1.29, 1.82) is 0 Å². The van der Waals surface area contributed by atoms with Crippen molar-refractivity contribution in [2.75, 3.05) is 6.54 Å². The second-order valence-electron chi connectivity index (χ2n) is 5.21. The van der Waals surface area contributed by atoms with E-state index in [1.54, 1.807) is 12.1 Å². The predicted molar refractivity (Wildman–Crippen MR) is 80.2 cm³/mol. The van der Waals surface area contributed by atoms with Crippen LogP contribution in [0.25, 0.3) is 0 Å². The van der Waals surface area contributed by atoms with Crippen molar-refractivity contribution in [2.24, 2.45) is 0 Å². The van der Waals surface area contributed by atoms with Crippen LogP contribution >= 0.6 is 0 Å². The van der Waals surface area contributed by atoms with Crippen molar-refractivity contribution in [3.8, 4) is 5.75 Å². The van der Waals surface area contributed by atoms with Gasteiger partial charge in [-0.3, -0.25) is 19.3 Å². The molecule has 0 bridgehead atoms. The number of amides is 2. The largest absolute Gasteiger partial charge is 0.489 e. The third-order valence-corrected chi connectivity index (χ3v) is 3.55. The molecule has 1 aliphatic heterocycles. The fourth-order valence-corrected chi connectivity index (χ4v) is 2.39. The van der Waals surface area contributed by atoms with E-state index in [0.717, 1.165) is 5.56 Å². The van der Waals surface area contributed by atoms with Crippen molar-refractivity contribution in [1.82, 2.24) is 4.90 Å². The van der Waals surface area contributed by atoms with Crippen LogP contribution in [0.4, 0.5) is 4.39 Å². The van der Waals surface area contributed by atoms with Gasteiger partial charge in [0.25, 0.3) is 11.8 Å². The number of fused-ring (bicyclic) bond motifs is 1. The number of aliphatic carboxylic acids is 1. The lowest BCUT2D eigenvalue weighted by Gasteiger charge is -2.09. The Kier molecular flexibility index (Phi) is 3.99. The topological polar surface area (TPSA) is 83.9 Å². The van der Waals surface area contributed by atoms with Crippen LogP contribution in [0.1, 0.15) is 26.3 Å². The number of rotatable bonds is 5. The predicted octanol–water partition coefficient (Wildman–Crippen LogP) is 2.09. The summed E-state index contributed by atoms with van der Waals surface area (Å²) in [6.45, 7) is -0.516. The van der Waals surface area contributed by atoms with Crippen molar-refractivity contribution in [3.05, 3.63) is 65.0 Å². The summed E-state index contributed by atoms with van der Waals surface area (Å²) >= 11 is 0. The molecular formula is C17H12FNO5. The van der Waals surface area contributed by atoms with E-state index in [2.05, 4.69) is 0 Å². The molecule has 2 aromatic carbocycles. The minimum Gasteiger partial charge on any atom is -0.489 e. The third-order valence-electron chi connectivity index (χ3n) is 3.55. The quantitative estimate of drug-likeness (QED) is 0.849. The Labute approximate surface area is 136 Å². The van der Waals surface area contributed by atoms with Gasteiger partial charge >= 0.3 is 5.97 Å². The summed E-state index contributed by atoms with van der Waals surface area (Å²) in [6, 6.07) is 10.1. The number of nitrogens with zero attached hydrogens (tertiary/aromatic N) is 1. The van der Waals surface area contributed by atoms with E-state index in [0.29, 0.717) is 10.6 Å². The number of carboxylic acids is 1. The molecule has 0 atom stereocenters. The Morgan fingerprint density at radius 2 is 1.71 bits per heavy atom. The number of imide groups is 1. The average Bonchev–Trinajstić information content (AvgIpc) is 2.79. The number of hydrogen-bond acceptors (Lipinski definition) is 4. The molecule has 1 N–H and O–H groups in total. The van der Waals surface area contributed by atoms with Gasteiger partial charge in [0.2, 0.25) is 0 Å². The van der Waals surface area contributed by atoms with E-state index < -0.39 is 24.3 Å². The summed E-state index contributed by atoms with van der Waals surface area (Å²) in [5, 5.41) is 8.78. The van der Waals surface area contributed by atoms with Gasteiger partial charge in [0.1, 0.15) is 24.7 Å². The van der Waals surface area contributed by atoms with Crippen LogP contribution in [0.15, 0.2) is 42.5 Å². The first-order valence-electron chi connectivity index (χ1n) is 7.05. The molecular weight excluding hydrogens is 317 g/mol. The zero-order valence-corrected chi connectivity index (χ0v) is 12.4. The maximum atomic E-state index is 12.9. The molecule has 3 rings (SSSR count). The molecule has 0 aromatic heterocycles. The zero-order chi connectivity index (χ0) is 17.3. The molecule has 2 aromatic rings. The molecule has 2 amide bonds. The maximum absolute atomic E-state index is 12.9. The van der Waals surface area contributed by atoms with Crippen LogP contribution in [-0.2, 0) is 11.4 Å². The summed E-state index contributed by atoms with van der Waals surface area (Å²) in [7, 11) is 0. The first-order valence-corrected chi connectivity index (χ1v) is 7.05. The van der Waals surface area contributed by atoms with Crippen LogP contribution in [0.5, 0.6) is 5.75 Å². The summed E-state index contributed by atoms with van der Waals surface area (Å²) in [5.74, 6) is -2.56. The van der Waals surface area contributed by atoms with Crippen molar-refractivity contribution in [3.63, 3.8) is 0 Å². The molecule has 0 aliphatic carbocycles. The van der Waals surface area contributed by atoms with E-state index >= 15 is 0 Å². The van der Waals surface area contributed by atoms with Gasteiger partial charge < -0.3 is 9.84 Å². The van der Waals surface area contributed by atoms with Gasteiger partial charge in [-0.1, -0.05) is 12.1 Å². The minimum absolute atomic E-state index is 0.109. The normalized spacial score (nSPS) is 13.1. The smallest absolute Gasteiger partial charge is 0.323 e. The van der Waals surface area contributed by atoms with Crippen LogP contribution < -0.4 is 4.74 Å². The number of hydrogen-bond donors (Lipinski definition) is 1. The van der Waals surface area contributed by atoms with Gasteiger partial charge in [0.15, 0.2) is 0 Å². The molecule has 6 nitrogen and oxygen atoms in total. The molecule has 0 radical (unpaired) electrons. The highest BCUT2D eigenvalue weighted by Gasteiger charge is 2.36. The van der Waals surface area contributed by atoms with Crippen LogP contribution in [0.3, 0.4) is 0 Å². The van der Waals surface area contributed by atoms with Crippen molar-refractivity contribution < 1.29 is 28.6 Å². The van der Waals surface area contributed by atoms with Gasteiger partial charge in [-0.2, -0.15) is 0 Å². The molecule has 7 heteroatoms. The zero-order valence-electron chi connectivity index (χ0n) is 12.4. The molecule has 1 heterocycles. The standard InChI is InChI=1S/C17H12FNO5/c18-11-3-1-10(2-4-11)9-24-12-5-6-13-14(7-12)17(23)19(16(13)22)8-15(20)21/h1-7H,8-9H2,(H,20,21). The van der Waals surface area contributed by atoms with E-state index in [1.807, 2.05) is 0 Å². The summed E-state index contributed by atoms with van der Waals surface area (Å²) < 4.78 is 18.4. The average molecular weight is 329 g/mol.